The molecule has 1 N–H and O–H groups in total. The van der Waals surface area contributed by atoms with E-state index >= 15 is 0 Å². The molecule has 1 aliphatic rings. The summed E-state index contributed by atoms with van der Waals surface area (Å²) in [7, 11) is 1.62. The number of H-pyrrole nitrogens is 1. The lowest BCUT2D eigenvalue weighted by molar-refractivity contribution is -0.130. The molecule has 3 aromatic heterocycles. The molecule has 4 aromatic rings. The van der Waals surface area contributed by atoms with E-state index in [9.17, 15) is 4.79 Å². The summed E-state index contributed by atoms with van der Waals surface area (Å²) in [6.07, 6.45) is 2.23. The van der Waals surface area contributed by atoms with Gasteiger partial charge in [-0.1, -0.05) is 17.8 Å². The minimum atomic E-state index is -0.253. The lowest BCUT2D eigenvalue weighted by Gasteiger charge is -2.19. The summed E-state index contributed by atoms with van der Waals surface area (Å²) in [4.78, 5) is 18.6. The first-order valence-electron chi connectivity index (χ1n) is 9.87. The van der Waals surface area contributed by atoms with E-state index < -0.39 is 0 Å². The molecule has 0 radical (unpaired) electrons. The monoisotopic (exact) mass is 465 g/mol. The van der Waals surface area contributed by atoms with Crippen molar-refractivity contribution in [2.24, 2.45) is 5.10 Å². The first kappa shape index (κ1) is 20.5. The number of carbonyl (C=O) groups excluding carboxylic acids is 1. The van der Waals surface area contributed by atoms with E-state index in [2.05, 4.69) is 20.3 Å². The average Bonchev–Trinajstić information content (AvgIpc) is 3.63. The van der Waals surface area contributed by atoms with E-state index in [0.29, 0.717) is 17.4 Å². The van der Waals surface area contributed by atoms with Crippen LogP contribution in [0.15, 0.2) is 74.8 Å². The maximum absolute atomic E-state index is 13.1. The Morgan fingerprint density at radius 3 is 2.88 bits per heavy atom. The van der Waals surface area contributed by atoms with Gasteiger partial charge in [-0.25, -0.2) is 9.99 Å². The number of thiophene rings is 1. The Kier molecular flexibility index (Phi) is 5.78. The summed E-state index contributed by atoms with van der Waals surface area (Å²) in [5.74, 6) is 2.17. The van der Waals surface area contributed by atoms with E-state index in [1.165, 1.54) is 16.8 Å². The van der Waals surface area contributed by atoms with Crippen LogP contribution < -0.4 is 4.74 Å². The molecule has 1 aromatic carbocycles. The zero-order valence-electron chi connectivity index (χ0n) is 17.1. The minimum Gasteiger partial charge on any atom is -0.497 e. The molecule has 0 unspecified atom stereocenters. The first-order chi connectivity index (χ1) is 15.7. The fourth-order valence-corrected chi connectivity index (χ4v) is 4.79. The van der Waals surface area contributed by atoms with E-state index in [1.54, 1.807) is 24.7 Å². The molecule has 5 rings (SSSR count). The summed E-state index contributed by atoms with van der Waals surface area (Å²) < 4.78 is 10.8. The number of hydrogen-bond acceptors (Lipinski definition) is 8. The summed E-state index contributed by atoms with van der Waals surface area (Å²) in [5, 5.41) is 15.8. The van der Waals surface area contributed by atoms with Crippen molar-refractivity contribution in [1.82, 2.24) is 20.2 Å². The molecule has 4 heterocycles. The Morgan fingerprint density at radius 1 is 1.28 bits per heavy atom. The lowest BCUT2D eigenvalue weighted by Crippen LogP contribution is -2.28. The molecular weight excluding hydrogens is 446 g/mol. The number of hydrazone groups is 1. The predicted octanol–water partition coefficient (Wildman–Crippen LogP) is 4.60. The molecule has 8 nitrogen and oxygen atoms in total. The number of hydrogen-bond donors (Lipinski definition) is 1. The van der Waals surface area contributed by atoms with Crippen molar-refractivity contribution >= 4 is 34.7 Å². The summed E-state index contributed by atoms with van der Waals surface area (Å²) in [5.41, 5.74) is 1.78. The SMILES string of the molecule is COc1ccc(-c2nc(SCC(=O)N3N=C(c4cccs4)C[C@H]3c3ccco3)n[nH]2)cc1. The second-order valence-corrected chi connectivity index (χ2v) is 8.87. The molecule has 1 amide bonds. The third-order valence-corrected chi connectivity index (χ3v) is 6.75. The molecular formula is C22H19N5O3S2. The number of rotatable bonds is 7. The number of thioether (sulfide) groups is 1. The number of carbonyl (C=O) groups is 1. The van der Waals surface area contributed by atoms with Gasteiger partial charge in [0.1, 0.15) is 17.6 Å². The van der Waals surface area contributed by atoms with Gasteiger partial charge in [0.25, 0.3) is 5.91 Å². The van der Waals surface area contributed by atoms with Crippen molar-refractivity contribution in [3.05, 3.63) is 70.8 Å². The smallest absolute Gasteiger partial charge is 0.253 e. The molecule has 0 fully saturated rings. The van der Waals surface area contributed by atoms with Crippen LogP contribution in [-0.4, -0.2) is 44.7 Å². The van der Waals surface area contributed by atoms with E-state index in [4.69, 9.17) is 9.15 Å². The van der Waals surface area contributed by atoms with Crippen LogP contribution >= 0.6 is 23.1 Å². The van der Waals surface area contributed by atoms with Crippen LogP contribution in [0, 0.1) is 0 Å². The Morgan fingerprint density at radius 2 is 2.16 bits per heavy atom. The Balaban J connectivity index is 1.28. The van der Waals surface area contributed by atoms with Crippen molar-refractivity contribution in [2.45, 2.75) is 17.6 Å². The zero-order valence-corrected chi connectivity index (χ0v) is 18.7. The number of nitrogens with zero attached hydrogens (tertiary/aromatic N) is 4. The Hall–Kier alpha value is -3.37. The zero-order chi connectivity index (χ0) is 21.9. The highest BCUT2D eigenvalue weighted by molar-refractivity contribution is 7.99. The molecule has 162 valence electrons. The van der Waals surface area contributed by atoms with Gasteiger partial charge in [-0.05, 0) is 47.8 Å². The Labute approximate surface area is 192 Å². The number of aromatic amines is 1. The highest BCUT2D eigenvalue weighted by Gasteiger charge is 2.35. The molecule has 10 heteroatoms. The molecule has 0 saturated heterocycles. The second kappa shape index (κ2) is 9.01. The minimum absolute atomic E-state index is 0.126. The highest BCUT2D eigenvalue weighted by atomic mass is 32.2. The maximum atomic E-state index is 13.1. The number of nitrogens with one attached hydrogen (secondary N) is 1. The Bertz CT molecular complexity index is 1220. The quantitative estimate of drug-likeness (QED) is 0.401. The summed E-state index contributed by atoms with van der Waals surface area (Å²) >= 11 is 2.88. The first-order valence-corrected chi connectivity index (χ1v) is 11.7. The van der Waals surface area contributed by atoms with Gasteiger partial charge in [0, 0.05) is 12.0 Å². The predicted molar refractivity (Wildman–Crippen MR) is 123 cm³/mol. The third kappa shape index (κ3) is 4.19. The lowest BCUT2D eigenvalue weighted by atomic mass is 10.1. The van der Waals surface area contributed by atoms with Crippen LogP contribution in [0.1, 0.15) is 23.1 Å². The van der Waals surface area contributed by atoms with Gasteiger partial charge >= 0.3 is 0 Å². The summed E-state index contributed by atoms with van der Waals surface area (Å²) in [6.45, 7) is 0. The van der Waals surface area contributed by atoms with Crippen LogP contribution in [-0.2, 0) is 4.79 Å². The number of ether oxygens (including phenoxy) is 1. The van der Waals surface area contributed by atoms with E-state index in [0.717, 1.165) is 27.7 Å². The van der Waals surface area contributed by atoms with Crippen LogP contribution in [0.25, 0.3) is 11.4 Å². The van der Waals surface area contributed by atoms with E-state index in [1.807, 2.05) is 53.9 Å². The van der Waals surface area contributed by atoms with Gasteiger partial charge in [0.05, 0.1) is 29.7 Å². The average molecular weight is 466 g/mol. The van der Waals surface area contributed by atoms with Gasteiger partial charge in [-0.15, -0.1) is 16.4 Å². The van der Waals surface area contributed by atoms with Crippen LogP contribution in [0.4, 0.5) is 0 Å². The van der Waals surface area contributed by atoms with Crippen molar-refractivity contribution in [3.63, 3.8) is 0 Å². The van der Waals surface area contributed by atoms with Crippen molar-refractivity contribution < 1.29 is 13.9 Å². The van der Waals surface area contributed by atoms with Crippen molar-refractivity contribution in [1.29, 1.82) is 0 Å². The molecule has 1 atom stereocenters. The van der Waals surface area contributed by atoms with E-state index in [-0.39, 0.29) is 17.7 Å². The number of furan rings is 1. The van der Waals surface area contributed by atoms with Crippen LogP contribution in [0.3, 0.4) is 0 Å². The molecule has 1 aliphatic heterocycles. The maximum Gasteiger partial charge on any atom is 0.253 e. The number of benzene rings is 1. The molecule has 0 saturated carbocycles. The molecule has 0 aliphatic carbocycles. The fraction of sp³-hybridized carbons (Fsp3) is 0.182. The molecule has 0 spiro atoms. The van der Waals surface area contributed by atoms with Gasteiger partial charge in [0.15, 0.2) is 5.82 Å². The number of amides is 1. The molecule has 0 bridgehead atoms. The molecule has 32 heavy (non-hydrogen) atoms. The number of aromatic nitrogens is 3. The van der Waals surface area contributed by atoms with Gasteiger partial charge in [-0.3, -0.25) is 9.89 Å². The fourth-order valence-electron chi connectivity index (χ4n) is 3.42. The van der Waals surface area contributed by atoms with Crippen molar-refractivity contribution in [2.75, 3.05) is 12.9 Å². The third-order valence-electron chi connectivity index (χ3n) is 5.00. The van der Waals surface area contributed by atoms with Crippen molar-refractivity contribution in [3.8, 4) is 17.1 Å². The number of methoxy groups -OCH3 is 1. The van der Waals surface area contributed by atoms with Gasteiger partial charge in [-0.2, -0.15) is 5.10 Å². The summed E-state index contributed by atoms with van der Waals surface area (Å²) in [6, 6.07) is 15.0. The normalized spacial score (nSPS) is 15.7. The standard InChI is InChI=1S/C22H19N5O3S2/c1-29-15-8-6-14(7-9-15)21-23-22(25-24-21)32-13-20(28)27-17(18-4-2-10-30-18)12-16(26-27)19-5-3-11-31-19/h2-11,17H,12-13H2,1H3,(H,23,24,25)/t17-/m0/s1. The van der Waals surface area contributed by atoms with Gasteiger partial charge in [0.2, 0.25) is 5.16 Å². The van der Waals surface area contributed by atoms with Gasteiger partial charge < -0.3 is 9.15 Å². The highest BCUT2D eigenvalue weighted by Crippen LogP contribution is 2.34. The van der Waals surface area contributed by atoms with Crippen LogP contribution in [0.2, 0.25) is 0 Å². The second-order valence-electron chi connectivity index (χ2n) is 6.98. The van der Waals surface area contributed by atoms with Crippen LogP contribution in [0.5, 0.6) is 5.75 Å². The largest absolute Gasteiger partial charge is 0.497 e. The topological polar surface area (TPSA) is 96.6 Å².